The zero-order chi connectivity index (χ0) is 14.0. The monoisotopic (exact) mass is 266 g/mol. The van der Waals surface area contributed by atoms with Gasteiger partial charge in [-0.25, -0.2) is 4.39 Å². The number of carbonyl (C=O) groups excluding carboxylic acids is 1. The summed E-state index contributed by atoms with van der Waals surface area (Å²) < 4.78 is 14.0. The molecule has 1 saturated heterocycles. The van der Waals surface area contributed by atoms with Crippen molar-refractivity contribution in [3.63, 3.8) is 0 Å². The summed E-state index contributed by atoms with van der Waals surface area (Å²) in [6.07, 6.45) is 0.533. The largest absolute Gasteiger partial charge is 0.389 e. The van der Waals surface area contributed by atoms with E-state index in [0.29, 0.717) is 37.2 Å². The first-order chi connectivity index (χ1) is 9.00. The number of aliphatic hydroxyl groups excluding tert-OH is 1. The molecule has 0 aromatic heterocycles. The van der Waals surface area contributed by atoms with Crippen molar-refractivity contribution in [2.45, 2.75) is 25.9 Å². The number of nitrogens with zero attached hydrogens (tertiary/aromatic N) is 1. The third kappa shape index (κ3) is 2.87. The summed E-state index contributed by atoms with van der Waals surface area (Å²) in [7, 11) is 0. The normalized spacial score (nSPS) is 18.4. The Morgan fingerprint density at radius 3 is 2.63 bits per heavy atom. The molecule has 104 valence electrons. The van der Waals surface area contributed by atoms with Gasteiger partial charge in [0.25, 0.3) is 0 Å². The number of rotatable bonds is 3. The van der Waals surface area contributed by atoms with E-state index >= 15 is 0 Å². The van der Waals surface area contributed by atoms with E-state index in [0.717, 1.165) is 0 Å². The number of benzene rings is 1. The lowest BCUT2D eigenvalue weighted by Gasteiger charge is -2.34. The molecule has 2 rings (SSSR count). The zero-order valence-corrected chi connectivity index (χ0v) is 11.0. The molecule has 0 radical (unpaired) electrons. The Labute approximate surface area is 112 Å². The molecule has 1 fully saturated rings. The highest BCUT2D eigenvalue weighted by Gasteiger charge is 2.26. The molecule has 4 nitrogen and oxygen atoms in total. The van der Waals surface area contributed by atoms with Crippen LogP contribution in [0.3, 0.4) is 0 Å². The number of primary amides is 1. The van der Waals surface area contributed by atoms with Crippen molar-refractivity contribution >= 4 is 11.6 Å². The number of halogens is 1. The number of anilines is 1. The Bertz CT molecular complexity index is 469. The lowest BCUT2D eigenvalue weighted by atomic mass is 9.95. The quantitative estimate of drug-likeness (QED) is 0.873. The van der Waals surface area contributed by atoms with Crippen LogP contribution in [-0.4, -0.2) is 24.1 Å². The smallest absolute Gasteiger partial charge is 0.220 e. The second kappa shape index (κ2) is 5.57. The summed E-state index contributed by atoms with van der Waals surface area (Å²) >= 11 is 0. The van der Waals surface area contributed by atoms with Crippen LogP contribution < -0.4 is 10.6 Å². The van der Waals surface area contributed by atoms with Crippen molar-refractivity contribution in [2.75, 3.05) is 18.0 Å². The first-order valence-corrected chi connectivity index (χ1v) is 6.51. The number of aliphatic hydroxyl groups is 1. The maximum absolute atomic E-state index is 14.0. The summed E-state index contributed by atoms with van der Waals surface area (Å²) in [5.41, 5.74) is 6.31. The van der Waals surface area contributed by atoms with Crippen LogP contribution in [0.25, 0.3) is 0 Å². The van der Waals surface area contributed by atoms with Gasteiger partial charge in [0.05, 0.1) is 11.8 Å². The molecule has 1 unspecified atom stereocenters. The van der Waals surface area contributed by atoms with E-state index in [1.807, 2.05) is 4.90 Å². The minimum atomic E-state index is -0.723. The Morgan fingerprint density at radius 1 is 1.47 bits per heavy atom. The van der Waals surface area contributed by atoms with E-state index in [4.69, 9.17) is 5.73 Å². The van der Waals surface area contributed by atoms with Crippen molar-refractivity contribution in [2.24, 2.45) is 11.7 Å². The Morgan fingerprint density at radius 2 is 2.11 bits per heavy atom. The summed E-state index contributed by atoms with van der Waals surface area (Å²) in [5, 5.41) is 9.73. The van der Waals surface area contributed by atoms with Crippen molar-refractivity contribution in [1.29, 1.82) is 0 Å². The maximum Gasteiger partial charge on any atom is 0.220 e. The topological polar surface area (TPSA) is 66.6 Å². The van der Waals surface area contributed by atoms with Gasteiger partial charge in [0.15, 0.2) is 0 Å². The Hall–Kier alpha value is -1.62. The van der Waals surface area contributed by atoms with E-state index in [9.17, 15) is 14.3 Å². The molecule has 0 aliphatic carbocycles. The number of amides is 1. The van der Waals surface area contributed by atoms with Gasteiger partial charge in [-0.05, 0) is 25.8 Å². The van der Waals surface area contributed by atoms with Crippen molar-refractivity contribution in [3.05, 3.63) is 29.6 Å². The molecule has 1 atom stereocenters. The Balaban J connectivity index is 2.22. The second-order valence-corrected chi connectivity index (χ2v) is 5.02. The highest BCUT2D eigenvalue weighted by Crippen LogP contribution is 2.32. The molecule has 0 spiro atoms. The third-order valence-electron chi connectivity index (χ3n) is 3.68. The molecule has 3 N–H and O–H groups in total. The summed E-state index contributed by atoms with van der Waals surface area (Å²) in [6, 6.07) is 4.71. The number of para-hydroxylation sites is 1. The second-order valence-electron chi connectivity index (χ2n) is 5.02. The van der Waals surface area contributed by atoms with Crippen LogP contribution >= 0.6 is 0 Å². The fraction of sp³-hybridized carbons (Fsp3) is 0.500. The SMILES string of the molecule is CC(O)c1cccc(F)c1N1CCC(C(N)=O)CC1. The van der Waals surface area contributed by atoms with Crippen molar-refractivity contribution < 1.29 is 14.3 Å². The van der Waals surface area contributed by atoms with Crippen molar-refractivity contribution in [3.8, 4) is 0 Å². The first-order valence-electron chi connectivity index (χ1n) is 6.51. The molecule has 1 aliphatic rings. The van der Waals surface area contributed by atoms with Crippen LogP contribution in [0.1, 0.15) is 31.4 Å². The fourth-order valence-corrected chi connectivity index (χ4v) is 2.59. The van der Waals surface area contributed by atoms with Crippen LogP contribution in [0.15, 0.2) is 18.2 Å². The van der Waals surface area contributed by atoms with Gasteiger partial charge in [-0.2, -0.15) is 0 Å². The van der Waals surface area contributed by atoms with Gasteiger partial charge < -0.3 is 15.7 Å². The van der Waals surface area contributed by atoms with E-state index in [1.165, 1.54) is 6.07 Å². The minimum Gasteiger partial charge on any atom is -0.389 e. The summed E-state index contributed by atoms with van der Waals surface area (Å²) in [5.74, 6) is -0.752. The number of piperidine rings is 1. The highest BCUT2D eigenvalue weighted by molar-refractivity contribution is 5.77. The molecule has 1 aromatic carbocycles. The molecule has 0 bridgehead atoms. The van der Waals surface area contributed by atoms with Crippen LogP contribution in [0, 0.1) is 11.7 Å². The van der Waals surface area contributed by atoms with Gasteiger partial charge in [0, 0.05) is 24.6 Å². The molecular weight excluding hydrogens is 247 g/mol. The standard InChI is InChI=1S/C14H19FN2O2/c1-9(18)11-3-2-4-12(15)13(11)17-7-5-10(6-8-17)14(16)19/h2-4,9-10,18H,5-8H2,1H3,(H2,16,19). The highest BCUT2D eigenvalue weighted by atomic mass is 19.1. The first kappa shape index (κ1) is 13.8. The lowest BCUT2D eigenvalue weighted by molar-refractivity contribution is -0.122. The van der Waals surface area contributed by atoms with Gasteiger partial charge in [-0.15, -0.1) is 0 Å². The number of hydrogen-bond donors (Lipinski definition) is 2. The Kier molecular flexibility index (Phi) is 4.04. The van der Waals surface area contributed by atoms with E-state index in [1.54, 1.807) is 19.1 Å². The van der Waals surface area contributed by atoms with Gasteiger partial charge in [0.1, 0.15) is 5.82 Å². The third-order valence-corrected chi connectivity index (χ3v) is 3.68. The number of nitrogens with two attached hydrogens (primary N) is 1. The molecule has 0 saturated carbocycles. The number of hydrogen-bond acceptors (Lipinski definition) is 3. The van der Waals surface area contributed by atoms with Crippen LogP contribution in [0.2, 0.25) is 0 Å². The van der Waals surface area contributed by atoms with E-state index in [-0.39, 0.29) is 17.6 Å². The fourth-order valence-electron chi connectivity index (χ4n) is 2.59. The molecule has 1 aliphatic heterocycles. The summed E-state index contributed by atoms with van der Waals surface area (Å²) in [6.45, 7) is 2.77. The van der Waals surface area contributed by atoms with Crippen LogP contribution in [0.5, 0.6) is 0 Å². The van der Waals surface area contributed by atoms with E-state index < -0.39 is 6.10 Å². The number of carbonyl (C=O) groups is 1. The van der Waals surface area contributed by atoms with Gasteiger partial charge in [0.2, 0.25) is 5.91 Å². The maximum atomic E-state index is 14.0. The molecule has 1 amide bonds. The molecule has 19 heavy (non-hydrogen) atoms. The van der Waals surface area contributed by atoms with Crippen LogP contribution in [-0.2, 0) is 4.79 Å². The van der Waals surface area contributed by atoms with E-state index in [2.05, 4.69) is 0 Å². The predicted octanol–water partition coefficient (Wildman–Crippen LogP) is 1.58. The predicted molar refractivity (Wildman–Crippen MR) is 71.2 cm³/mol. The molecular formula is C14H19FN2O2. The molecule has 1 aromatic rings. The lowest BCUT2D eigenvalue weighted by Crippen LogP contribution is -2.39. The summed E-state index contributed by atoms with van der Waals surface area (Å²) in [4.78, 5) is 13.0. The van der Waals surface area contributed by atoms with Crippen molar-refractivity contribution in [1.82, 2.24) is 0 Å². The van der Waals surface area contributed by atoms with Gasteiger partial charge in [-0.1, -0.05) is 12.1 Å². The average Bonchev–Trinajstić information content (AvgIpc) is 2.38. The van der Waals surface area contributed by atoms with Gasteiger partial charge >= 0.3 is 0 Å². The minimum absolute atomic E-state index is 0.127. The molecule has 5 heteroatoms. The zero-order valence-electron chi connectivity index (χ0n) is 11.0. The van der Waals surface area contributed by atoms with Gasteiger partial charge in [-0.3, -0.25) is 4.79 Å². The molecule has 1 heterocycles. The average molecular weight is 266 g/mol. The van der Waals surface area contributed by atoms with Crippen LogP contribution in [0.4, 0.5) is 10.1 Å².